The number of hydrogen-bond donors (Lipinski definition) is 2. The molecule has 0 spiro atoms. The molecule has 0 unspecified atom stereocenters. The van der Waals surface area contributed by atoms with Crippen LogP contribution in [-0.2, 0) is 14.8 Å². The Hall–Kier alpha value is -2.45. The van der Waals surface area contributed by atoms with Gasteiger partial charge in [-0.3, -0.25) is 10.2 Å². The van der Waals surface area contributed by atoms with E-state index in [2.05, 4.69) is 10.3 Å². The zero-order valence-corrected chi connectivity index (χ0v) is 17.0. The molecule has 0 aliphatic heterocycles. The minimum Gasteiger partial charge on any atom is -0.478 e. The number of halogens is 1. The minimum absolute atomic E-state index is 0.0556. The highest BCUT2D eigenvalue weighted by Gasteiger charge is 2.21. The molecule has 1 atom stereocenters. The van der Waals surface area contributed by atoms with E-state index in [-0.39, 0.29) is 10.6 Å². The van der Waals surface area contributed by atoms with Gasteiger partial charge >= 0.3 is 0 Å². The van der Waals surface area contributed by atoms with Gasteiger partial charge in [-0.25, -0.2) is 12.8 Å². The Morgan fingerprint density at radius 1 is 1.07 bits per heavy atom. The summed E-state index contributed by atoms with van der Waals surface area (Å²) < 4.78 is 43.7. The van der Waals surface area contributed by atoms with Crippen molar-refractivity contribution in [1.29, 1.82) is 0 Å². The standard InChI is InChI=1S/C21H25FN2O4S/c1-15(28-20-10-6-5-9-19(20)22)21(25)23-24-29(26,27)18-13-11-17(12-14-18)16-7-3-2-4-8-16/h5-6,9-16,24H,2-4,7-8H2,1H3,(H,23,25)/t15-/m0/s1. The van der Waals surface area contributed by atoms with Crippen LogP contribution in [-0.4, -0.2) is 20.4 Å². The third-order valence-electron chi connectivity index (χ3n) is 5.09. The SMILES string of the molecule is C[C@H](Oc1ccccc1F)C(=O)NNS(=O)(=O)c1ccc(C2CCCCC2)cc1. The van der Waals surface area contributed by atoms with Crippen molar-refractivity contribution in [2.75, 3.05) is 0 Å². The molecular formula is C21H25FN2O4S. The lowest BCUT2D eigenvalue weighted by molar-refractivity contribution is -0.127. The Balaban J connectivity index is 1.57. The van der Waals surface area contributed by atoms with Gasteiger partial charge in [0.15, 0.2) is 17.7 Å². The average molecular weight is 421 g/mol. The highest BCUT2D eigenvalue weighted by molar-refractivity contribution is 7.89. The number of hydrogen-bond acceptors (Lipinski definition) is 4. The summed E-state index contributed by atoms with van der Waals surface area (Å²) in [6.45, 7) is 1.40. The summed E-state index contributed by atoms with van der Waals surface area (Å²) in [5.74, 6) is -0.956. The second-order valence-corrected chi connectivity index (χ2v) is 8.87. The van der Waals surface area contributed by atoms with Gasteiger partial charge in [-0.15, -0.1) is 4.83 Å². The number of carbonyl (C=O) groups excluding carboxylic acids is 1. The molecule has 6 nitrogen and oxygen atoms in total. The number of carbonyl (C=O) groups is 1. The molecule has 1 fully saturated rings. The van der Waals surface area contributed by atoms with E-state index < -0.39 is 27.9 Å². The van der Waals surface area contributed by atoms with Gasteiger partial charge in [0.05, 0.1) is 4.90 Å². The van der Waals surface area contributed by atoms with E-state index in [1.54, 1.807) is 6.07 Å². The molecule has 29 heavy (non-hydrogen) atoms. The highest BCUT2D eigenvalue weighted by Crippen LogP contribution is 2.32. The normalized spacial score (nSPS) is 16.2. The van der Waals surface area contributed by atoms with E-state index >= 15 is 0 Å². The van der Waals surface area contributed by atoms with E-state index in [1.165, 1.54) is 56.5 Å². The van der Waals surface area contributed by atoms with Gasteiger partial charge in [0, 0.05) is 0 Å². The van der Waals surface area contributed by atoms with Crippen molar-refractivity contribution in [3.8, 4) is 5.75 Å². The Bertz CT molecular complexity index is 941. The van der Waals surface area contributed by atoms with Gasteiger partial charge in [0.25, 0.3) is 15.9 Å². The number of nitrogens with one attached hydrogen (secondary N) is 2. The number of ether oxygens (including phenoxy) is 1. The minimum atomic E-state index is -3.93. The number of amides is 1. The van der Waals surface area contributed by atoms with Gasteiger partial charge < -0.3 is 4.74 Å². The molecule has 3 rings (SSSR count). The smallest absolute Gasteiger partial charge is 0.275 e. The Labute approximate surface area is 170 Å². The topological polar surface area (TPSA) is 84.5 Å². The van der Waals surface area contributed by atoms with Crippen LogP contribution in [0.5, 0.6) is 5.75 Å². The maximum atomic E-state index is 13.6. The summed E-state index contributed by atoms with van der Waals surface area (Å²) in [7, 11) is -3.93. The van der Waals surface area contributed by atoms with Crippen LogP contribution >= 0.6 is 0 Å². The van der Waals surface area contributed by atoms with Crippen molar-refractivity contribution in [1.82, 2.24) is 10.3 Å². The molecule has 0 heterocycles. The second kappa shape index (κ2) is 9.37. The molecule has 0 bridgehead atoms. The lowest BCUT2D eigenvalue weighted by atomic mass is 9.84. The third-order valence-corrected chi connectivity index (χ3v) is 6.35. The lowest BCUT2D eigenvalue weighted by Gasteiger charge is -2.22. The third kappa shape index (κ3) is 5.55. The number of benzene rings is 2. The Morgan fingerprint density at radius 3 is 2.38 bits per heavy atom. The van der Waals surface area contributed by atoms with Crippen LogP contribution in [0.15, 0.2) is 53.4 Å². The summed E-state index contributed by atoms with van der Waals surface area (Å²) >= 11 is 0. The Kier molecular flexibility index (Phi) is 6.87. The second-order valence-electron chi connectivity index (χ2n) is 7.19. The number of sulfonamides is 1. The molecule has 156 valence electrons. The zero-order chi connectivity index (χ0) is 20.9. The van der Waals surface area contributed by atoms with Crippen molar-refractivity contribution in [3.63, 3.8) is 0 Å². The molecule has 1 aliphatic rings. The van der Waals surface area contributed by atoms with Gasteiger partial charge in [0.2, 0.25) is 0 Å². The van der Waals surface area contributed by atoms with Gasteiger partial charge in [-0.1, -0.05) is 43.5 Å². The van der Waals surface area contributed by atoms with Crippen molar-refractivity contribution in [2.45, 2.75) is 55.9 Å². The molecule has 2 aromatic rings. The molecule has 8 heteroatoms. The predicted molar refractivity (Wildman–Crippen MR) is 107 cm³/mol. The van der Waals surface area contributed by atoms with Crippen LogP contribution in [0.3, 0.4) is 0 Å². The van der Waals surface area contributed by atoms with E-state index in [0.717, 1.165) is 18.4 Å². The number of para-hydroxylation sites is 1. The average Bonchev–Trinajstić information content (AvgIpc) is 2.74. The fraction of sp³-hybridized carbons (Fsp3) is 0.381. The van der Waals surface area contributed by atoms with Crippen molar-refractivity contribution in [3.05, 3.63) is 59.9 Å². The first-order chi connectivity index (χ1) is 13.9. The highest BCUT2D eigenvalue weighted by atomic mass is 32.2. The Morgan fingerprint density at radius 2 is 1.72 bits per heavy atom. The first-order valence-electron chi connectivity index (χ1n) is 9.69. The fourth-order valence-electron chi connectivity index (χ4n) is 3.42. The van der Waals surface area contributed by atoms with Crippen LogP contribution in [0, 0.1) is 5.82 Å². The fourth-order valence-corrected chi connectivity index (χ4v) is 4.26. The summed E-state index contributed by atoms with van der Waals surface area (Å²) in [4.78, 5) is 14.2. The van der Waals surface area contributed by atoms with Gasteiger partial charge in [-0.2, -0.15) is 0 Å². The van der Waals surface area contributed by atoms with Gasteiger partial charge in [0.1, 0.15) is 0 Å². The molecule has 2 N–H and O–H groups in total. The van der Waals surface area contributed by atoms with E-state index in [9.17, 15) is 17.6 Å². The van der Waals surface area contributed by atoms with Crippen LogP contribution in [0.1, 0.15) is 50.5 Å². The zero-order valence-electron chi connectivity index (χ0n) is 16.2. The molecule has 0 radical (unpaired) electrons. The van der Waals surface area contributed by atoms with E-state index in [4.69, 9.17) is 4.74 Å². The van der Waals surface area contributed by atoms with Crippen LogP contribution in [0.2, 0.25) is 0 Å². The maximum Gasteiger partial charge on any atom is 0.275 e. The van der Waals surface area contributed by atoms with Crippen LogP contribution in [0.25, 0.3) is 0 Å². The monoisotopic (exact) mass is 420 g/mol. The molecule has 2 aromatic carbocycles. The van der Waals surface area contributed by atoms with Crippen LogP contribution in [0.4, 0.5) is 4.39 Å². The predicted octanol–water partition coefficient (Wildman–Crippen LogP) is 3.65. The van der Waals surface area contributed by atoms with Crippen molar-refractivity contribution in [2.24, 2.45) is 0 Å². The molecule has 1 amide bonds. The van der Waals surface area contributed by atoms with Crippen molar-refractivity contribution >= 4 is 15.9 Å². The summed E-state index contributed by atoms with van der Waals surface area (Å²) in [6.07, 6.45) is 4.81. The summed E-state index contributed by atoms with van der Waals surface area (Å²) in [6, 6.07) is 12.4. The first-order valence-corrected chi connectivity index (χ1v) is 11.2. The van der Waals surface area contributed by atoms with E-state index in [0.29, 0.717) is 5.92 Å². The van der Waals surface area contributed by atoms with Crippen molar-refractivity contribution < 1.29 is 22.3 Å². The summed E-state index contributed by atoms with van der Waals surface area (Å²) in [5.41, 5.74) is 3.25. The molecule has 1 aliphatic carbocycles. The van der Waals surface area contributed by atoms with Crippen LogP contribution < -0.4 is 15.0 Å². The molecule has 0 aromatic heterocycles. The lowest BCUT2D eigenvalue weighted by Crippen LogP contribution is -2.47. The van der Waals surface area contributed by atoms with Gasteiger partial charge in [-0.05, 0) is 55.5 Å². The number of hydrazine groups is 1. The maximum absolute atomic E-state index is 13.6. The largest absolute Gasteiger partial charge is 0.478 e. The quantitative estimate of drug-likeness (QED) is 0.670. The molecule has 0 saturated heterocycles. The molecule has 1 saturated carbocycles. The number of rotatable bonds is 7. The summed E-state index contributed by atoms with van der Waals surface area (Å²) in [5, 5.41) is 0. The first kappa shape index (κ1) is 21.3. The van der Waals surface area contributed by atoms with E-state index in [1.807, 2.05) is 12.1 Å². The molecular weight excluding hydrogens is 395 g/mol.